The van der Waals surface area contributed by atoms with E-state index in [2.05, 4.69) is 19.6 Å². The van der Waals surface area contributed by atoms with Gasteiger partial charge in [-0.2, -0.15) is 31.2 Å². The first-order valence-corrected chi connectivity index (χ1v) is 3.48. The van der Waals surface area contributed by atoms with Gasteiger partial charge in [0.1, 0.15) is 0 Å². The zero-order valence-corrected chi connectivity index (χ0v) is 7.07. The normalized spacial score (nSPS) is 8.50. The maximum absolute atomic E-state index is 4.14. The van der Waals surface area contributed by atoms with Crippen LogP contribution in [0.25, 0.3) is 0 Å². The summed E-state index contributed by atoms with van der Waals surface area (Å²) in [5.41, 5.74) is 2.29. The van der Waals surface area contributed by atoms with E-state index in [0.717, 1.165) is 11.3 Å². The van der Waals surface area contributed by atoms with Crippen LogP contribution in [-0.4, -0.2) is 0 Å². The summed E-state index contributed by atoms with van der Waals surface area (Å²) in [5, 5.41) is 0. The van der Waals surface area contributed by atoms with Crippen LogP contribution in [-0.2, 0) is 5.75 Å². The van der Waals surface area contributed by atoms with E-state index in [0.29, 0.717) is 0 Å². The van der Waals surface area contributed by atoms with Gasteiger partial charge in [0.2, 0.25) is 0 Å². The first kappa shape index (κ1) is 10.0. The molecule has 0 aliphatic heterocycles. The van der Waals surface area contributed by atoms with Crippen LogP contribution in [0.2, 0.25) is 0 Å². The molecule has 1 rings (SSSR count). The first-order valence-electron chi connectivity index (χ1n) is 2.85. The van der Waals surface area contributed by atoms with Crippen molar-refractivity contribution < 1.29 is 18.9 Å². The van der Waals surface area contributed by atoms with E-state index in [4.69, 9.17) is 0 Å². The molecule has 2 heteroatoms. The molecule has 0 radical (unpaired) electrons. The summed E-state index contributed by atoms with van der Waals surface area (Å²) in [4.78, 5) is 0. The van der Waals surface area contributed by atoms with Crippen molar-refractivity contribution in [2.24, 2.45) is 0 Å². The Morgan fingerprint density at radius 2 is 1.90 bits per heavy atom. The van der Waals surface area contributed by atoms with Crippen LogP contribution in [0.15, 0.2) is 24.3 Å². The van der Waals surface area contributed by atoms with Crippen molar-refractivity contribution in [3.05, 3.63) is 42.3 Å². The van der Waals surface area contributed by atoms with Crippen molar-refractivity contribution in [1.82, 2.24) is 0 Å². The Labute approximate surface area is 79.6 Å². The number of thiol groups is 1. The second-order valence-electron chi connectivity index (χ2n) is 1.93. The van der Waals surface area contributed by atoms with E-state index in [1.807, 2.05) is 24.3 Å². The van der Waals surface area contributed by atoms with Crippen molar-refractivity contribution in [3.63, 3.8) is 0 Å². The average molecular weight is 144 g/mol. The summed E-state index contributed by atoms with van der Waals surface area (Å²) >= 11 is 4.14. The Bertz CT molecular complexity index is 198. The fraction of sp³-hybridized carbons (Fsp3) is 0.125. The Balaban J connectivity index is 0.000000810. The van der Waals surface area contributed by atoms with Crippen molar-refractivity contribution in [2.75, 3.05) is 0 Å². The fourth-order valence-electron chi connectivity index (χ4n) is 0.712. The maximum atomic E-state index is 4.14. The molecule has 0 spiro atoms. The van der Waals surface area contributed by atoms with Gasteiger partial charge < -0.3 is 0 Å². The Hall–Kier alpha value is 0.0374. The van der Waals surface area contributed by atoms with E-state index in [9.17, 15) is 0 Å². The number of hydrogen-bond donors (Lipinski definition) is 1. The number of benzene rings is 1. The van der Waals surface area contributed by atoms with Crippen LogP contribution in [0.5, 0.6) is 0 Å². The molecular formula is C8H9LiS. The van der Waals surface area contributed by atoms with Gasteiger partial charge >= 0.3 is 18.9 Å². The van der Waals surface area contributed by atoms with Gasteiger partial charge in [0, 0.05) is 0 Å². The monoisotopic (exact) mass is 144 g/mol. The molecule has 48 valence electrons. The molecule has 10 heavy (non-hydrogen) atoms. The Morgan fingerprint density at radius 1 is 1.30 bits per heavy atom. The predicted molar refractivity (Wildman–Crippen MR) is 43.6 cm³/mol. The summed E-state index contributed by atoms with van der Waals surface area (Å²) in [6.07, 6.45) is 0. The molecule has 0 aliphatic carbocycles. The standard InChI is InChI=1S/C8H9S.Li/c1-7-4-2-3-5-8(7)6-9;/h2-5,9H,1,6H2;/q-1;+1. The molecule has 0 bridgehead atoms. The fourth-order valence-corrected chi connectivity index (χ4v) is 1.02. The van der Waals surface area contributed by atoms with Crippen LogP contribution >= 0.6 is 12.6 Å². The molecule has 0 atom stereocenters. The molecular weight excluding hydrogens is 135 g/mol. The topological polar surface area (TPSA) is 0 Å². The van der Waals surface area contributed by atoms with Gasteiger partial charge in [0.25, 0.3) is 0 Å². The van der Waals surface area contributed by atoms with Gasteiger partial charge in [0.15, 0.2) is 0 Å². The van der Waals surface area contributed by atoms with Crippen LogP contribution in [0.3, 0.4) is 0 Å². The second-order valence-corrected chi connectivity index (χ2v) is 2.24. The summed E-state index contributed by atoms with van der Waals surface area (Å²) < 4.78 is 0. The summed E-state index contributed by atoms with van der Waals surface area (Å²) in [7, 11) is 0. The molecule has 1 aromatic carbocycles. The minimum Gasteiger partial charge on any atom is -0.198 e. The quantitative estimate of drug-likeness (QED) is 0.301. The molecule has 0 nitrogen and oxygen atoms in total. The zero-order valence-electron chi connectivity index (χ0n) is 6.17. The molecule has 0 fully saturated rings. The third-order valence-electron chi connectivity index (χ3n) is 1.29. The summed E-state index contributed by atoms with van der Waals surface area (Å²) in [6.45, 7) is 3.84. The molecule has 0 aromatic heterocycles. The molecule has 0 saturated heterocycles. The maximum Gasteiger partial charge on any atom is 1.00 e. The van der Waals surface area contributed by atoms with Crippen LogP contribution < -0.4 is 18.9 Å². The van der Waals surface area contributed by atoms with Gasteiger partial charge in [-0.25, -0.2) is 0 Å². The minimum atomic E-state index is 0. The molecule has 0 heterocycles. The van der Waals surface area contributed by atoms with Crippen molar-refractivity contribution in [2.45, 2.75) is 5.75 Å². The smallest absolute Gasteiger partial charge is 0.198 e. The third-order valence-corrected chi connectivity index (χ3v) is 1.63. The van der Waals surface area contributed by atoms with Crippen LogP contribution in [0.1, 0.15) is 11.1 Å². The van der Waals surface area contributed by atoms with Crippen LogP contribution in [0, 0.1) is 6.92 Å². The second kappa shape index (κ2) is 4.79. The molecule has 1 aromatic rings. The van der Waals surface area contributed by atoms with Gasteiger partial charge in [-0.15, -0.1) is 17.7 Å². The largest absolute Gasteiger partial charge is 1.00 e. The van der Waals surface area contributed by atoms with Gasteiger partial charge in [-0.3, -0.25) is 0 Å². The summed E-state index contributed by atoms with van der Waals surface area (Å²) in [5.74, 6) is 0.777. The first-order chi connectivity index (χ1) is 4.34. The van der Waals surface area contributed by atoms with Crippen molar-refractivity contribution in [1.29, 1.82) is 0 Å². The van der Waals surface area contributed by atoms with E-state index in [1.165, 1.54) is 5.56 Å². The average Bonchev–Trinajstić information content (AvgIpc) is 1.89. The number of rotatable bonds is 1. The molecule has 0 unspecified atom stereocenters. The minimum absolute atomic E-state index is 0. The van der Waals surface area contributed by atoms with Gasteiger partial charge in [-0.05, 0) is 5.75 Å². The van der Waals surface area contributed by atoms with Crippen molar-refractivity contribution in [3.8, 4) is 0 Å². The SMILES string of the molecule is [CH2-]c1ccccc1CS.[Li+]. The Morgan fingerprint density at radius 3 is 2.30 bits per heavy atom. The predicted octanol–water partition coefficient (Wildman–Crippen LogP) is -0.697. The van der Waals surface area contributed by atoms with Crippen molar-refractivity contribution >= 4 is 12.6 Å². The van der Waals surface area contributed by atoms with Crippen LogP contribution in [0.4, 0.5) is 0 Å². The molecule has 0 aliphatic rings. The molecule has 0 N–H and O–H groups in total. The van der Waals surface area contributed by atoms with E-state index in [-0.39, 0.29) is 18.9 Å². The third kappa shape index (κ3) is 2.34. The van der Waals surface area contributed by atoms with Gasteiger partial charge in [-0.1, -0.05) is 6.07 Å². The zero-order chi connectivity index (χ0) is 6.69. The molecule has 0 saturated carbocycles. The molecule has 0 amide bonds. The Kier molecular flexibility index (Phi) is 4.81. The van der Waals surface area contributed by atoms with E-state index < -0.39 is 0 Å². The van der Waals surface area contributed by atoms with E-state index in [1.54, 1.807) is 0 Å². The van der Waals surface area contributed by atoms with Gasteiger partial charge in [0.05, 0.1) is 0 Å². The summed E-state index contributed by atoms with van der Waals surface area (Å²) in [6, 6.07) is 8.01. The van der Waals surface area contributed by atoms with E-state index >= 15 is 0 Å². The number of hydrogen-bond acceptors (Lipinski definition) is 1.